The van der Waals surface area contributed by atoms with Crippen molar-refractivity contribution in [1.82, 2.24) is 0 Å². The maximum atomic E-state index is 14.1. The number of carbonyl (C=O) groups is 2. The summed E-state index contributed by atoms with van der Waals surface area (Å²) >= 11 is 0. The van der Waals surface area contributed by atoms with Crippen molar-refractivity contribution in [2.24, 2.45) is 0 Å². The van der Waals surface area contributed by atoms with Gasteiger partial charge in [0, 0.05) is 11.1 Å². The molecule has 0 saturated carbocycles. The lowest BCUT2D eigenvalue weighted by Gasteiger charge is -2.26. The van der Waals surface area contributed by atoms with Crippen LogP contribution in [0.15, 0.2) is 97.1 Å². The summed E-state index contributed by atoms with van der Waals surface area (Å²) in [7, 11) is 0. The van der Waals surface area contributed by atoms with Gasteiger partial charge in [-0.1, -0.05) is 72.8 Å². The molecule has 0 bridgehead atoms. The summed E-state index contributed by atoms with van der Waals surface area (Å²) in [4.78, 5) is 28.2. The molecule has 0 heterocycles. The van der Waals surface area contributed by atoms with E-state index in [1.54, 1.807) is 60.7 Å². The van der Waals surface area contributed by atoms with E-state index in [9.17, 15) is 18.4 Å². The van der Waals surface area contributed by atoms with Crippen LogP contribution >= 0.6 is 0 Å². The molecular weight excluding hydrogens is 418 g/mol. The van der Waals surface area contributed by atoms with E-state index >= 15 is 0 Å². The lowest BCUT2D eigenvalue weighted by Crippen LogP contribution is -2.38. The first-order chi connectivity index (χ1) is 16.0. The van der Waals surface area contributed by atoms with Crippen LogP contribution in [0.4, 0.5) is 8.78 Å². The first-order valence-corrected chi connectivity index (χ1v) is 10.6. The summed E-state index contributed by atoms with van der Waals surface area (Å²) in [5.74, 6) is -1.40. The molecule has 0 fully saturated rings. The summed E-state index contributed by atoms with van der Waals surface area (Å²) in [5.41, 5.74) is 2.91. The number of allylic oxidation sites excluding steroid dienone is 1. The van der Waals surface area contributed by atoms with E-state index in [1.807, 2.05) is 12.1 Å². The van der Waals surface area contributed by atoms with Gasteiger partial charge in [0.2, 0.25) is 0 Å². The summed E-state index contributed by atoms with van der Waals surface area (Å²) in [6.07, 6.45) is 0. The highest BCUT2D eigenvalue weighted by atomic mass is 19.1. The van der Waals surface area contributed by atoms with Gasteiger partial charge >= 0.3 is 0 Å². The monoisotopic (exact) mass is 434 g/mol. The van der Waals surface area contributed by atoms with Gasteiger partial charge in [-0.05, 0) is 57.7 Å². The van der Waals surface area contributed by atoms with Crippen LogP contribution in [0.5, 0.6) is 0 Å². The van der Waals surface area contributed by atoms with Crippen LogP contribution in [0.3, 0.4) is 0 Å². The van der Waals surface area contributed by atoms with Crippen LogP contribution < -0.4 is 0 Å². The minimum atomic E-state index is -1.58. The Labute approximate surface area is 188 Å². The molecule has 0 N–H and O–H groups in total. The van der Waals surface area contributed by atoms with Gasteiger partial charge in [0.05, 0.1) is 0 Å². The van der Waals surface area contributed by atoms with Crippen molar-refractivity contribution in [3.63, 3.8) is 0 Å². The summed E-state index contributed by atoms with van der Waals surface area (Å²) in [6, 6.07) is 26.0. The lowest BCUT2D eigenvalue weighted by molar-refractivity contribution is 0.0845. The van der Waals surface area contributed by atoms with Gasteiger partial charge in [-0.2, -0.15) is 0 Å². The lowest BCUT2D eigenvalue weighted by atomic mass is 9.70. The highest BCUT2D eigenvalue weighted by Crippen LogP contribution is 2.58. The van der Waals surface area contributed by atoms with Crippen LogP contribution in [0.1, 0.15) is 43.0 Å². The first kappa shape index (κ1) is 19.5. The van der Waals surface area contributed by atoms with Crippen molar-refractivity contribution in [3.8, 4) is 0 Å². The zero-order chi connectivity index (χ0) is 22.7. The Balaban J connectivity index is 1.77. The Kier molecular flexibility index (Phi) is 4.08. The minimum Gasteiger partial charge on any atom is -0.292 e. The fourth-order valence-electron chi connectivity index (χ4n) is 5.24. The average molecular weight is 434 g/mol. The molecule has 33 heavy (non-hydrogen) atoms. The third-order valence-electron chi connectivity index (χ3n) is 6.59. The molecule has 0 aromatic heterocycles. The number of ketones is 2. The molecule has 0 atom stereocenters. The summed E-state index contributed by atoms with van der Waals surface area (Å²) in [6.45, 7) is 0. The average Bonchev–Trinajstić information content (AvgIpc) is 3.27. The number of carbonyl (C=O) groups excluding carboxylic acids is 2. The van der Waals surface area contributed by atoms with Crippen LogP contribution in [0.2, 0.25) is 0 Å². The van der Waals surface area contributed by atoms with Crippen molar-refractivity contribution < 1.29 is 18.4 Å². The third-order valence-corrected chi connectivity index (χ3v) is 6.59. The number of fused-ring (bicyclic) bond motifs is 3. The van der Waals surface area contributed by atoms with Crippen LogP contribution in [0, 0.1) is 11.6 Å². The highest BCUT2D eigenvalue weighted by Gasteiger charge is 2.61. The van der Waals surface area contributed by atoms with E-state index in [-0.39, 0.29) is 17.4 Å². The topological polar surface area (TPSA) is 34.1 Å². The molecule has 4 heteroatoms. The molecule has 0 amide bonds. The molecule has 0 saturated heterocycles. The molecule has 2 aliphatic carbocycles. The Bertz CT molecular complexity index is 1460. The molecule has 158 valence electrons. The molecule has 0 radical (unpaired) electrons. The predicted octanol–water partition coefficient (Wildman–Crippen LogP) is 6.25. The fourth-order valence-corrected chi connectivity index (χ4v) is 5.24. The molecule has 6 rings (SSSR count). The van der Waals surface area contributed by atoms with Gasteiger partial charge < -0.3 is 0 Å². The highest BCUT2D eigenvalue weighted by molar-refractivity contribution is 6.43. The number of hydrogen-bond donors (Lipinski definition) is 0. The van der Waals surface area contributed by atoms with E-state index in [4.69, 9.17) is 0 Å². The molecule has 2 nitrogen and oxygen atoms in total. The van der Waals surface area contributed by atoms with Crippen LogP contribution in [-0.4, -0.2) is 11.6 Å². The molecule has 0 aliphatic heterocycles. The molecule has 1 spiro atoms. The van der Waals surface area contributed by atoms with Gasteiger partial charge in [0.15, 0.2) is 11.6 Å². The Morgan fingerprint density at radius 1 is 0.515 bits per heavy atom. The molecule has 4 aromatic rings. The molecular formula is C29H16F2O2. The van der Waals surface area contributed by atoms with Crippen LogP contribution in [0.25, 0.3) is 11.1 Å². The normalized spacial score (nSPS) is 15.8. The molecule has 0 unspecified atom stereocenters. The van der Waals surface area contributed by atoms with Crippen LogP contribution in [-0.2, 0) is 5.41 Å². The number of benzene rings is 4. The number of Topliss-reactive ketones (excluding diaryl/α,β-unsaturated/α-hetero) is 2. The quantitative estimate of drug-likeness (QED) is 0.349. The second-order valence-electron chi connectivity index (χ2n) is 8.26. The Hall–Kier alpha value is -4.18. The number of rotatable bonds is 2. The second-order valence-corrected chi connectivity index (χ2v) is 8.26. The number of hydrogen-bond acceptors (Lipinski definition) is 2. The largest absolute Gasteiger partial charge is 0.292 e. The maximum absolute atomic E-state index is 14.1. The van der Waals surface area contributed by atoms with Gasteiger partial charge in [0.25, 0.3) is 0 Å². The maximum Gasteiger partial charge on any atom is 0.186 e. The van der Waals surface area contributed by atoms with Gasteiger partial charge in [-0.15, -0.1) is 0 Å². The van der Waals surface area contributed by atoms with Crippen molar-refractivity contribution >= 4 is 22.7 Å². The van der Waals surface area contributed by atoms with E-state index in [0.29, 0.717) is 39.0 Å². The van der Waals surface area contributed by atoms with E-state index in [0.717, 1.165) is 5.56 Å². The van der Waals surface area contributed by atoms with E-state index in [1.165, 1.54) is 24.3 Å². The van der Waals surface area contributed by atoms with Crippen molar-refractivity contribution in [2.75, 3.05) is 0 Å². The first-order valence-electron chi connectivity index (χ1n) is 10.6. The fraction of sp³-hybridized carbons (Fsp3) is 0.0345. The zero-order valence-electron chi connectivity index (χ0n) is 17.3. The Morgan fingerprint density at radius 3 is 1.52 bits per heavy atom. The predicted molar refractivity (Wildman–Crippen MR) is 122 cm³/mol. The van der Waals surface area contributed by atoms with Gasteiger partial charge in [-0.3, -0.25) is 9.59 Å². The zero-order valence-corrected chi connectivity index (χ0v) is 17.3. The molecule has 4 aromatic carbocycles. The smallest absolute Gasteiger partial charge is 0.186 e. The standard InChI is InChI=1S/C29H16F2O2/c30-19-13-9-17(10-14-19)25-23-7-3-4-8-24(23)29(26(25)18-11-15-20(31)16-12-18)27(32)21-5-1-2-6-22(21)28(29)33/h1-16H. The third kappa shape index (κ3) is 2.52. The van der Waals surface area contributed by atoms with Crippen molar-refractivity contribution in [1.29, 1.82) is 0 Å². The summed E-state index contributed by atoms with van der Waals surface area (Å²) < 4.78 is 27.6. The Morgan fingerprint density at radius 2 is 0.970 bits per heavy atom. The number of halogens is 2. The molecule has 2 aliphatic rings. The van der Waals surface area contributed by atoms with E-state index in [2.05, 4.69) is 0 Å². The SMILES string of the molecule is O=C1c2ccccc2C(=O)C12C(c1ccc(F)cc1)=C(c1ccc(F)cc1)c1ccccc12. The minimum absolute atomic E-state index is 0.299. The van der Waals surface area contributed by atoms with Crippen molar-refractivity contribution in [3.05, 3.63) is 142 Å². The second kappa shape index (κ2) is 6.91. The van der Waals surface area contributed by atoms with Crippen molar-refractivity contribution in [2.45, 2.75) is 5.41 Å². The van der Waals surface area contributed by atoms with E-state index < -0.39 is 11.2 Å². The van der Waals surface area contributed by atoms with Gasteiger partial charge in [0.1, 0.15) is 17.0 Å². The van der Waals surface area contributed by atoms with Gasteiger partial charge in [-0.25, -0.2) is 8.78 Å². The summed E-state index contributed by atoms with van der Waals surface area (Å²) in [5, 5.41) is 0.